The number of hydrogen-bond donors (Lipinski definition) is 1. The Labute approximate surface area is 154 Å². The van der Waals surface area contributed by atoms with Crippen molar-refractivity contribution in [3.63, 3.8) is 0 Å². The Kier molecular flexibility index (Phi) is 6.23. The second-order valence-corrected chi connectivity index (χ2v) is 6.80. The summed E-state index contributed by atoms with van der Waals surface area (Å²) in [6, 6.07) is 15.1. The summed E-state index contributed by atoms with van der Waals surface area (Å²) < 4.78 is 13.9. The van der Waals surface area contributed by atoms with Crippen molar-refractivity contribution in [3.8, 4) is 0 Å². The monoisotopic (exact) mass is 355 g/mol. The highest BCUT2D eigenvalue weighted by molar-refractivity contribution is 5.76. The van der Waals surface area contributed by atoms with Crippen molar-refractivity contribution in [1.29, 1.82) is 0 Å². The topological polar surface area (TPSA) is 35.6 Å². The molecule has 1 amide bonds. The van der Waals surface area contributed by atoms with Crippen molar-refractivity contribution in [1.82, 2.24) is 10.2 Å². The number of benzene rings is 2. The lowest BCUT2D eigenvalue weighted by atomic mass is 10.1. The molecule has 0 unspecified atom stereocenters. The summed E-state index contributed by atoms with van der Waals surface area (Å²) in [5, 5.41) is 2.98. The number of rotatable bonds is 6. The van der Waals surface area contributed by atoms with Crippen LogP contribution in [0.2, 0.25) is 0 Å². The van der Waals surface area contributed by atoms with Gasteiger partial charge >= 0.3 is 0 Å². The smallest absolute Gasteiger partial charge is 0.221 e. The molecule has 1 N–H and O–H groups in total. The molecule has 1 aliphatic rings. The average Bonchev–Trinajstić information content (AvgIpc) is 2.66. The van der Waals surface area contributed by atoms with E-state index in [1.807, 2.05) is 37.3 Å². The summed E-state index contributed by atoms with van der Waals surface area (Å²) in [7, 11) is 0. The summed E-state index contributed by atoms with van der Waals surface area (Å²) in [6.07, 6.45) is 0.492. The van der Waals surface area contributed by atoms with Crippen molar-refractivity contribution in [3.05, 3.63) is 65.5 Å². The van der Waals surface area contributed by atoms with E-state index in [9.17, 15) is 9.18 Å². The van der Waals surface area contributed by atoms with Gasteiger partial charge in [0.2, 0.25) is 5.91 Å². The predicted octanol–water partition coefficient (Wildman–Crippen LogP) is 2.96. The third kappa shape index (κ3) is 5.05. The van der Waals surface area contributed by atoms with E-state index in [-0.39, 0.29) is 11.7 Å². The molecule has 3 rings (SSSR count). The summed E-state index contributed by atoms with van der Waals surface area (Å²) in [5.41, 5.74) is 2.99. The van der Waals surface area contributed by atoms with Gasteiger partial charge in [0.05, 0.1) is 5.69 Å². The molecule has 5 heteroatoms. The number of carbonyl (C=O) groups excluding carboxylic acids is 1. The van der Waals surface area contributed by atoms with Crippen LogP contribution in [0.3, 0.4) is 0 Å². The zero-order valence-corrected chi connectivity index (χ0v) is 15.2. The van der Waals surface area contributed by atoms with Crippen molar-refractivity contribution in [2.24, 2.45) is 0 Å². The lowest BCUT2D eigenvalue weighted by molar-refractivity contribution is -0.121. The van der Waals surface area contributed by atoms with Crippen LogP contribution in [0.15, 0.2) is 48.5 Å². The molecule has 1 saturated heterocycles. The Balaban J connectivity index is 1.38. The van der Waals surface area contributed by atoms with Crippen LogP contribution in [0.25, 0.3) is 0 Å². The molecule has 26 heavy (non-hydrogen) atoms. The molecule has 4 nitrogen and oxygen atoms in total. The zero-order chi connectivity index (χ0) is 18.4. The first-order chi connectivity index (χ1) is 12.6. The fourth-order valence-corrected chi connectivity index (χ4v) is 3.29. The fourth-order valence-electron chi connectivity index (χ4n) is 3.29. The number of amides is 1. The normalized spacial score (nSPS) is 15.1. The van der Waals surface area contributed by atoms with E-state index in [4.69, 9.17) is 0 Å². The van der Waals surface area contributed by atoms with Crippen LogP contribution in [-0.4, -0.2) is 43.5 Å². The second-order valence-electron chi connectivity index (χ2n) is 6.80. The second kappa shape index (κ2) is 8.81. The number of carbonyl (C=O) groups is 1. The number of aryl methyl sites for hydroxylation is 1. The van der Waals surface area contributed by atoms with Crippen LogP contribution in [0, 0.1) is 12.7 Å². The van der Waals surface area contributed by atoms with Crippen molar-refractivity contribution >= 4 is 11.6 Å². The standard InChI is InChI=1S/C21H26FN3O/c1-17-5-4-6-18(15-17)16-23-21(26)9-10-24-11-13-25(14-12-24)20-8-3-2-7-19(20)22/h2-8,15H,9-14,16H2,1H3,(H,23,26). The number of nitrogens with one attached hydrogen (secondary N) is 1. The minimum Gasteiger partial charge on any atom is -0.367 e. The maximum absolute atomic E-state index is 13.9. The predicted molar refractivity (Wildman–Crippen MR) is 103 cm³/mol. The number of halogens is 1. The van der Waals surface area contributed by atoms with E-state index < -0.39 is 0 Å². The molecule has 0 atom stereocenters. The molecule has 0 radical (unpaired) electrons. The highest BCUT2D eigenvalue weighted by Gasteiger charge is 2.19. The zero-order valence-electron chi connectivity index (χ0n) is 15.2. The van der Waals surface area contributed by atoms with Crippen LogP contribution in [0.4, 0.5) is 10.1 Å². The van der Waals surface area contributed by atoms with Gasteiger partial charge in [-0.15, -0.1) is 0 Å². The Bertz CT molecular complexity index is 742. The summed E-state index contributed by atoms with van der Waals surface area (Å²) in [5.74, 6) is -0.0977. The first-order valence-corrected chi connectivity index (χ1v) is 9.16. The van der Waals surface area contributed by atoms with Gasteiger partial charge in [0.1, 0.15) is 5.82 Å². The number of para-hydroxylation sites is 1. The fraction of sp³-hybridized carbons (Fsp3) is 0.381. The summed E-state index contributed by atoms with van der Waals surface area (Å²) in [6.45, 7) is 6.62. The van der Waals surface area contributed by atoms with Gasteiger partial charge in [0.25, 0.3) is 0 Å². The third-order valence-electron chi connectivity index (χ3n) is 4.79. The SMILES string of the molecule is Cc1cccc(CNC(=O)CCN2CCN(c3ccccc3F)CC2)c1. The maximum atomic E-state index is 13.9. The molecule has 138 valence electrons. The molecule has 0 aromatic heterocycles. The Morgan fingerprint density at radius 1 is 1.08 bits per heavy atom. The molecule has 0 saturated carbocycles. The van der Waals surface area contributed by atoms with Gasteiger partial charge in [0.15, 0.2) is 0 Å². The lowest BCUT2D eigenvalue weighted by Crippen LogP contribution is -2.47. The van der Waals surface area contributed by atoms with Crippen molar-refractivity contribution < 1.29 is 9.18 Å². The quantitative estimate of drug-likeness (QED) is 0.865. The first kappa shape index (κ1) is 18.4. The van der Waals surface area contributed by atoms with Crippen molar-refractivity contribution in [2.75, 3.05) is 37.6 Å². The van der Waals surface area contributed by atoms with E-state index in [1.54, 1.807) is 6.07 Å². The molecule has 1 heterocycles. The van der Waals surface area contributed by atoms with Crippen LogP contribution < -0.4 is 10.2 Å². The Morgan fingerprint density at radius 3 is 2.58 bits per heavy atom. The number of piperazine rings is 1. The van der Waals surface area contributed by atoms with Gasteiger partial charge in [-0.1, -0.05) is 42.0 Å². The Hall–Kier alpha value is -2.40. The highest BCUT2D eigenvalue weighted by Crippen LogP contribution is 2.20. The Morgan fingerprint density at radius 2 is 1.85 bits per heavy atom. The molecule has 2 aromatic rings. The molecule has 0 spiro atoms. The highest BCUT2D eigenvalue weighted by atomic mass is 19.1. The van der Waals surface area contributed by atoms with Crippen molar-refractivity contribution in [2.45, 2.75) is 19.9 Å². The van der Waals surface area contributed by atoms with Crippen LogP contribution in [-0.2, 0) is 11.3 Å². The first-order valence-electron chi connectivity index (χ1n) is 9.16. The number of nitrogens with zero attached hydrogens (tertiary/aromatic N) is 2. The van der Waals surface area contributed by atoms with Crippen LogP contribution in [0.1, 0.15) is 17.5 Å². The van der Waals surface area contributed by atoms with E-state index in [2.05, 4.69) is 21.2 Å². The van der Waals surface area contributed by atoms with Gasteiger partial charge in [-0.05, 0) is 24.6 Å². The molecule has 0 bridgehead atoms. The van der Waals surface area contributed by atoms with Gasteiger partial charge < -0.3 is 10.2 Å². The van der Waals surface area contributed by atoms with Gasteiger partial charge in [-0.2, -0.15) is 0 Å². The number of anilines is 1. The van der Waals surface area contributed by atoms with Crippen LogP contribution in [0.5, 0.6) is 0 Å². The van der Waals surface area contributed by atoms with Gasteiger partial charge in [-0.25, -0.2) is 4.39 Å². The molecular weight excluding hydrogens is 329 g/mol. The summed E-state index contributed by atoms with van der Waals surface area (Å²) in [4.78, 5) is 16.4. The van der Waals surface area contributed by atoms with Gasteiger partial charge in [-0.3, -0.25) is 9.69 Å². The molecule has 0 aliphatic carbocycles. The minimum absolute atomic E-state index is 0.0723. The molecule has 1 aliphatic heterocycles. The van der Waals surface area contributed by atoms with E-state index in [1.165, 1.54) is 11.6 Å². The van der Waals surface area contributed by atoms with E-state index >= 15 is 0 Å². The molecular formula is C21H26FN3O. The van der Waals surface area contributed by atoms with E-state index in [0.717, 1.165) is 38.3 Å². The molecule has 2 aromatic carbocycles. The largest absolute Gasteiger partial charge is 0.367 e. The third-order valence-corrected chi connectivity index (χ3v) is 4.79. The van der Waals surface area contributed by atoms with E-state index in [0.29, 0.717) is 18.7 Å². The minimum atomic E-state index is -0.170. The lowest BCUT2D eigenvalue weighted by Gasteiger charge is -2.36. The number of hydrogen-bond acceptors (Lipinski definition) is 3. The average molecular weight is 355 g/mol. The van der Waals surface area contributed by atoms with Gasteiger partial charge in [0, 0.05) is 45.7 Å². The van der Waals surface area contributed by atoms with Crippen LogP contribution >= 0.6 is 0 Å². The maximum Gasteiger partial charge on any atom is 0.221 e. The summed E-state index contributed by atoms with van der Waals surface area (Å²) >= 11 is 0. The molecule has 1 fully saturated rings.